The molecule has 2 unspecified atom stereocenters. The minimum absolute atomic E-state index is 0.126. The van der Waals surface area contributed by atoms with Crippen LogP contribution in [-0.4, -0.2) is 18.6 Å². The highest BCUT2D eigenvalue weighted by atomic mass is 15.0. The maximum Gasteiger partial charge on any atom is 0.0514 e. The van der Waals surface area contributed by atoms with E-state index in [0.717, 1.165) is 25.1 Å². The predicted octanol–water partition coefficient (Wildman–Crippen LogP) is 10.8. The molecule has 0 aliphatic heterocycles. The van der Waals surface area contributed by atoms with E-state index in [-0.39, 0.29) is 22.9 Å². The van der Waals surface area contributed by atoms with Gasteiger partial charge in [-0.25, -0.2) is 0 Å². The molecule has 0 amide bonds. The van der Waals surface area contributed by atoms with Crippen molar-refractivity contribution in [1.29, 1.82) is 0 Å². The lowest BCUT2D eigenvalue weighted by Gasteiger charge is -2.33. The summed E-state index contributed by atoms with van der Waals surface area (Å²) < 4.78 is 0. The van der Waals surface area contributed by atoms with Gasteiger partial charge in [-0.15, -0.1) is 0 Å². The van der Waals surface area contributed by atoms with Crippen LogP contribution in [0.5, 0.6) is 0 Å². The van der Waals surface area contributed by atoms with Crippen LogP contribution >= 0.6 is 0 Å². The quantitative estimate of drug-likeness (QED) is 0.198. The first-order valence-corrected chi connectivity index (χ1v) is 16.7. The summed E-state index contributed by atoms with van der Waals surface area (Å²) in [4.78, 5) is 0. The van der Waals surface area contributed by atoms with Crippen LogP contribution in [0.4, 0.5) is 11.4 Å². The van der Waals surface area contributed by atoms with Gasteiger partial charge < -0.3 is 16.0 Å². The fourth-order valence-corrected chi connectivity index (χ4v) is 5.84. The molecule has 3 heteroatoms. The lowest BCUT2D eigenvalue weighted by atomic mass is 9.84. The van der Waals surface area contributed by atoms with Gasteiger partial charge in [0.2, 0.25) is 0 Å². The molecular weight excluding hydrogens is 510 g/mol. The third-order valence-corrected chi connectivity index (χ3v) is 9.02. The van der Waals surface area contributed by atoms with E-state index in [1.54, 1.807) is 0 Å². The van der Waals surface area contributed by atoms with Crippen LogP contribution in [0, 0.1) is 26.7 Å². The summed E-state index contributed by atoms with van der Waals surface area (Å²) in [5, 5.41) is 11.7. The van der Waals surface area contributed by atoms with Crippen LogP contribution < -0.4 is 16.0 Å². The zero-order valence-corrected chi connectivity index (χ0v) is 29.7. The normalized spacial score (nSPS) is 14.3. The highest BCUT2D eigenvalue weighted by Gasteiger charge is 2.24. The number of unbranched alkanes of at least 4 members (excludes halogenated alkanes) is 1. The third kappa shape index (κ3) is 10.1. The van der Waals surface area contributed by atoms with Crippen LogP contribution in [0.3, 0.4) is 0 Å². The molecule has 0 aliphatic carbocycles. The lowest BCUT2D eigenvalue weighted by Crippen LogP contribution is -2.40. The Labute approximate surface area is 260 Å². The molecule has 3 atom stereocenters. The minimum Gasteiger partial charge on any atom is -0.388 e. The molecule has 0 radical (unpaired) electrons. The smallest absolute Gasteiger partial charge is 0.0514 e. The number of rotatable bonds is 15. The molecule has 2 aromatic carbocycles. The van der Waals surface area contributed by atoms with Crippen LogP contribution in [0.1, 0.15) is 135 Å². The zero-order valence-electron chi connectivity index (χ0n) is 29.7. The van der Waals surface area contributed by atoms with Crippen molar-refractivity contribution in [3.63, 3.8) is 0 Å². The molecule has 3 N–H and O–H groups in total. The van der Waals surface area contributed by atoms with Gasteiger partial charge in [-0.3, -0.25) is 0 Å². The van der Waals surface area contributed by atoms with E-state index in [1.807, 2.05) is 0 Å². The molecule has 2 rings (SSSR count). The van der Waals surface area contributed by atoms with Gasteiger partial charge >= 0.3 is 0 Å². The highest BCUT2D eigenvalue weighted by molar-refractivity contribution is 5.62. The Morgan fingerprint density at radius 1 is 0.786 bits per heavy atom. The topological polar surface area (TPSA) is 36.1 Å². The molecule has 0 aromatic heterocycles. The summed E-state index contributed by atoms with van der Waals surface area (Å²) in [6, 6.07) is 9.87. The first kappa shape index (κ1) is 35.8. The molecule has 0 saturated heterocycles. The highest BCUT2D eigenvalue weighted by Crippen LogP contribution is 2.33. The van der Waals surface area contributed by atoms with Crippen LogP contribution in [0.15, 0.2) is 36.5 Å². The van der Waals surface area contributed by atoms with Gasteiger partial charge in [0, 0.05) is 36.1 Å². The van der Waals surface area contributed by atoms with Crippen LogP contribution in [-0.2, 0) is 17.3 Å². The van der Waals surface area contributed by atoms with Gasteiger partial charge in [0.05, 0.1) is 6.04 Å². The van der Waals surface area contributed by atoms with Crippen molar-refractivity contribution < 1.29 is 0 Å². The first-order chi connectivity index (χ1) is 19.5. The number of nitrogens with one attached hydrogen (secondary N) is 3. The molecule has 236 valence electrons. The molecule has 3 nitrogen and oxygen atoms in total. The van der Waals surface area contributed by atoms with Gasteiger partial charge in [-0.1, -0.05) is 112 Å². The molecule has 0 spiro atoms. The minimum atomic E-state index is 0.126. The average Bonchev–Trinajstić information content (AvgIpc) is 2.89. The summed E-state index contributed by atoms with van der Waals surface area (Å²) in [5.41, 5.74) is 12.0. The number of anilines is 2. The molecule has 0 aliphatic rings. The van der Waals surface area contributed by atoms with E-state index in [4.69, 9.17) is 0 Å². The Morgan fingerprint density at radius 3 is 1.79 bits per heavy atom. The Bertz CT molecular complexity index is 1140. The first-order valence-electron chi connectivity index (χ1n) is 16.7. The molecule has 42 heavy (non-hydrogen) atoms. The molecule has 0 heterocycles. The van der Waals surface area contributed by atoms with E-state index >= 15 is 0 Å². The van der Waals surface area contributed by atoms with Crippen molar-refractivity contribution in [3.8, 4) is 0 Å². The van der Waals surface area contributed by atoms with Crippen LogP contribution in [0.2, 0.25) is 0 Å². The molecule has 0 saturated carbocycles. The molecule has 2 aromatic rings. The monoisotopic (exact) mass is 576 g/mol. The van der Waals surface area contributed by atoms with Crippen molar-refractivity contribution in [1.82, 2.24) is 5.32 Å². The van der Waals surface area contributed by atoms with Crippen LogP contribution in [0.25, 0.3) is 0 Å². The van der Waals surface area contributed by atoms with E-state index in [1.165, 1.54) is 70.4 Å². The molecular formula is C39H65N3. The largest absolute Gasteiger partial charge is 0.388 e. The predicted molar refractivity (Wildman–Crippen MR) is 189 cm³/mol. The maximum absolute atomic E-state index is 4.51. The third-order valence-electron chi connectivity index (χ3n) is 9.02. The summed E-state index contributed by atoms with van der Waals surface area (Å²) >= 11 is 0. The number of hydrogen-bond acceptors (Lipinski definition) is 3. The van der Waals surface area contributed by atoms with Crippen molar-refractivity contribution in [3.05, 3.63) is 69.9 Å². The Morgan fingerprint density at radius 2 is 1.31 bits per heavy atom. The van der Waals surface area contributed by atoms with Gasteiger partial charge in [-0.2, -0.15) is 0 Å². The second-order valence-corrected chi connectivity index (χ2v) is 15.0. The second kappa shape index (κ2) is 15.3. The second-order valence-electron chi connectivity index (χ2n) is 15.0. The van der Waals surface area contributed by atoms with Crippen molar-refractivity contribution in [2.45, 2.75) is 151 Å². The summed E-state index contributed by atoms with van der Waals surface area (Å²) in [6.07, 6.45) is 6.92. The Hall–Kier alpha value is -2.42. The summed E-state index contributed by atoms with van der Waals surface area (Å²) in [5.74, 6) is 0.703. The SMILES string of the molecule is C=C(C[C@H](Nc1c(C)cc(C(C)(C)C)cc1C)C(C)Nc1c(C)cc(C(C)(C)C)cc1CC)NCC(CC)CCCC. The van der Waals surface area contributed by atoms with Crippen molar-refractivity contribution in [2.24, 2.45) is 5.92 Å². The Kier molecular flexibility index (Phi) is 13.1. The van der Waals surface area contributed by atoms with Crippen molar-refractivity contribution in [2.75, 3.05) is 17.2 Å². The van der Waals surface area contributed by atoms with Gasteiger partial charge in [0.15, 0.2) is 0 Å². The van der Waals surface area contributed by atoms with Gasteiger partial charge in [0.1, 0.15) is 0 Å². The van der Waals surface area contributed by atoms with Gasteiger partial charge in [-0.05, 0) is 90.7 Å². The Balaban J connectivity index is 2.40. The lowest BCUT2D eigenvalue weighted by molar-refractivity contribution is 0.430. The average molecular weight is 576 g/mol. The fraction of sp³-hybridized carbons (Fsp3) is 0.641. The molecule has 0 bridgehead atoms. The summed E-state index contributed by atoms with van der Waals surface area (Å²) in [6.45, 7) is 35.2. The molecule has 0 fully saturated rings. The van der Waals surface area contributed by atoms with E-state index in [9.17, 15) is 0 Å². The van der Waals surface area contributed by atoms with E-state index < -0.39 is 0 Å². The van der Waals surface area contributed by atoms with Gasteiger partial charge in [0.25, 0.3) is 0 Å². The number of aryl methyl sites for hydroxylation is 4. The zero-order chi connectivity index (χ0) is 31.8. The fourth-order valence-electron chi connectivity index (χ4n) is 5.84. The van der Waals surface area contributed by atoms with E-state index in [0.29, 0.717) is 5.92 Å². The standard InChI is InChI=1S/C39H65N3/c1-15-18-19-31(16-2)25-40-29(7)23-35(42-36-26(4)20-33(21-27(36)5)38(9,10)11)30(8)41-37-28(6)22-34(39(12,13)14)24-32(37)17-3/h20-22,24,30-31,35,40-42H,7,15-19,23,25H2,1-6,8-14H3/t30?,31?,35-/m0/s1. The maximum atomic E-state index is 4.51. The number of benzene rings is 2. The number of hydrogen-bond donors (Lipinski definition) is 3. The summed E-state index contributed by atoms with van der Waals surface area (Å²) in [7, 11) is 0. The van der Waals surface area contributed by atoms with E-state index in [2.05, 4.69) is 137 Å². The van der Waals surface area contributed by atoms with Crippen molar-refractivity contribution >= 4 is 11.4 Å².